The molecule has 0 aliphatic rings. The predicted molar refractivity (Wildman–Crippen MR) is 44.5 cm³/mol. The number of pyridine rings is 1. The highest BCUT2D eigenvalue weighted by atomic mass is 19.1. The lowest BCUT2D eigenvalue weighted by molar-refractivity contribution is 0.604. The molecule has 1 aromatic heterocycles. The Bertz CT molecular complexity index is 258. The molecule has 0 amide bonds. The van der Waals surface area contributed by atoms with Gasteiger partial charge in [-0.2, -0.15) is 0 Å². The number of hydrogen-bond acceptors (Lipinski definition) is 3. The molecule has 64 valence electrons. The average molecular weight is 167 g/mol. The van der Waals surface area contributed by atoms with Crippen molar-refractivity contribution in [2.45, 2.75) is 6.04 Å². The Morgan fingerprint density at radius 3 is 2.83 bits per heavy atom. The summed E-state index contributed by atoms with van der Waals surface area (Å²) < 4.78 is 12.4. The van der Waals surface area contributed by atoms with E-state index in [0.29, 0.717) is 5.69 Å². The highest BCUT2D eigenvalue weighted by Gasteiger charge is 2.05. The fourth-order valence-electron chi connectivity index (χ4n) is 0.845. The third-order valence-corrected chi connectivity index (χ3v) is 1.48. The van der Waals surface area contributed by atoms with Crippen molar-refractivity contribution in [3.8, 4) is 0 Å². The summed E-state index contributed by atoms with van der Waals surface area (Å²) in [5, 5.41) is 0. The number of halogens is 1. The maximum absolute atomic E-state index is 12.4. The summed E-state index contributed by atoms with van der Waals surface area (Å²) in [7, 11) is 0. The van der Waals surface area contributed by atoms with Crippen LogP contribution in [0.1, 0.15) is 11.7 Å². The normalized spacial score (nSPS) is 12.5. The molecule has 0 aliphatic heterocycles. The van der Waals surface area contributed by atoms with Crippen LogP contribution in [0, 0.1) is 5.82 Å². The van der Waals surface area contributed by atoms with Gasteiger partial charge in [0.05, 0.1) is 17.9 Å². The van der Waals surface area contributed by atoms with Crippen molar-refractivity contribution < 1.29 is 4.39 Å². The quantitative estimate of drug-likeness (QED) is 0.399. The van der Waals surface area contributed by atoms with Crippen LogP contribution >= 0.6 is 0 Å². The van der Waals surface area contributed by atoms with Gasteiger partial charge in [-0.3, -0.25) is 10.8 Å². The standard InChI is InChI=1S/C8H10FN3/c1-2-7(12-10)8-4-3-6(9)5-11-8/h2-5,7,12H,1,10H2. The molecule has 1 atom stereocenters. The minimum atomic E-state index is -0.362. The molecule has 0 aliphatic carbocycles. The van der Waals surface area contributed by atoms with Gasteiger partial charge >= 0.3 is 0 Å². The van der Waals surface area contributed by atoms with E-state index in [1.54, 1.807) is 12.1 Å². The number of aromatic nitrogens is 1. The molecule has 0 aromatic carbocycles. The largest absolute Gasteiger partial charge is 0.271 e. The number of rotatable bonds is 3. The molecule has 12 heavy (non-hydrogen) atoms. The van der Waals surface area contributed by atoms with Crippen molar-refractivity contribution in [1.29, 1.82) is 0 Å². The Morgan fingerprint density at radius 1 is 1.67 bits per heavy atom. The van der Waals surface area contributed by atoms with Gasteiger partial charge in [-0.1, -0.05) is 6.08 Å². The van der Waals surface area contributed by atoms with Crippen LogP contribution < -0.4 is 11.3 Å². The molecule has 0 saturated heterocycles. The fraction of sp³-hybridized carbons (Fsp3) is 0.125. The van der Waals surface area contributed by atoms with Gasteiger partial charge in [0.25, 0.3) is 0 Å². The molecule has 1 rings (SSSR count). The molecule has 0 fully saturated rings. The summed E-state index contributed by atoms with van der Waals surface area (Å²) in [4.78, 5) is 3.83. The van der Waals surface area contributed by atoms with Crippen LogP contribution in [0.2, 0.25) is 0 Å². The first-order valence-corrected chi connectivity index (χ1v) is 3.48. The Morgan fingerprint density at radius 2 is 2.42 bits per heavy atom. The van der Waals surface area contributed by atoms with E-state index >= 15 is 0 Å². The molecule has 3 nitrogen and oxygen atoms in total. The SMILES string of the molecule is C=CC(NN)c1ccc(F)cn1. The maximum Gasteiger partial charge on any atom is 0.141 e. The van der Waals surface area contributed by atoms with Gasteiger partial charge in [0.1, 0.15) is 5.82 Å². The van der Waals surface area contributed by atoms with Crippen molar-refractivity contribution in [1.82, 2.24) is 10.4 Å². The fourth-order valence-corrected chi connectivity index (χ4v) is 0.845. The molecule has 1 unspecified atom stereocenters. The number of hydrogen-bond donors (Lipinski definition) is 2. The van der Waals surface area contributed by atoms with Crippen LogP contribution in [-0.4, -0.2) is 4.98 Å². The second-order valence-corrected chi connectivity index (χ2v) is 2.28. The van der Waals surface area contributed by atoms with E-state index < -0.39 is 0 Å². The summed E-state index contributed by atoms with van der Waals surface area (Å²) in [6.07, 6.45) is 2.74. The van der Waals surface area contributed by atoms with E-state index in [2.05, 4.69) is 17.0 Å². The van der Waals surface area contributed by atoms with Crippen LogP contribution in [0.25, 0.3) is 0 Å². The molecule has 0 saturated carbocycles. The zero-order chi connectivity index (χ0) is 8.97. The van der Waals surface area contributed by atoms with Gasteiger partial charge in [-0.05, 0) is 12.1 Å². The molecule has 3 N–H and O–H groups in total. The maximum atomic E-state index is 12.4. The molecular formula is C8H10FN3. The first-order chi connectivity index (χ1) is 5.77. The second kappa shape index (κ2) is 3.94. The zero-order valence-electron chi connectivity index (χ0n) is 6.50. The number of nitrogens with one attached hydrogen (secondary N) is 1. The molecule has 0 radical (unpaired) electrons. The van der Waals surface area contributed by atoms with Gasteiger partial charge in [-0.25, -0.2) is 9.82 Å². The Kier molecular flexibility index (Phi) is 2.90. The number of nitrogens with zero attached hydrogens (tertiary/aromatic N) is 1. The number of nitrogens with two attached hydrogens (primary N) is 1. The molecule has 1 aromatic rings. The van der Waals surface area contributed by atoms with Gasteiger partial charge in [0.2, 0.25) is 0 Å². The van der Waals surface area contributed by atoms with Crippen molar-refractivity contribution in [3.63, 3.8) is 0 Å². The summed E-state index contributed by atoms with van der Waals surface area (Å²) in [6, 6.07) is 2.66. The van der Waals surface area contributed by atoms with E-state index in [9.17, 15) is 4.39 Å². The Balaban J connectivity index is 2.87. The topological polar surface area (TPSA) is 50.9 Å². The van der Waals surface area contributed by atoms with E-state index in [0.717, 1.165) is 6.20 Å². The predicted octanol–water partition coefficient (Wildman–Crippen LogP) is 0.911. The van der Waals surface area contributed by atoms with E-state index in [1.807, 2.05) is 0 Å². The summed E-state index contributed by atoms with van der Waals surface area (Å²) >= 11 is 0. The summed E-state index contributed by atoms with van der Waals surface area (Å²) in [5.41, 5.74) is 3.13. The van der Waals surface area contributed by atoms with Crippen LogP contribution in [0.4, 0.5) is 4.39 Å². The molecular weight excluding hydrogens is 157 g/mol. The van der Waals surface area contributed by atoms with Crippen LogP contribution in [0.3, 0.4) is 0 Å². The molecule has 4 heteroatoms. The average Bonchev–Trinajstić information content (AvgIpc) is 2.10. The van der Waals surface area contributed by atoms with Crippen LogP contribution in [0.5, 0.6) is 0 Å². The lowest BCUT2D eigenvalue weighted by Gasteiger charge is -2.08. The third-order valence-electron chi connectivity index (χ3n) is 1.48. The van der Waals surface area contributed by atoms with E-state index in [1.165, 1.54) is 6.07 Å². The van der Waals surface area contributed by atoms with Crippen LogP contribution in [-0.2, 0) is 0 Å². The summed E-state index contributed by atoms with van der Waals surface area (Å²) in [6.45, 7) is 3.55. The van der Waals surface area contributed by atoms with E-state index in [-0.39, 0.29) is 11.9 Å². The zero-order valence-corrected chi connectivity index (χ0v) is 6.50. The second-order valence-electron chi connectivity index (χ2n) is 2.28. The Hall–Kier alpha value is -1.26. The Labute approximate surface area is 70.1 Å². The van der Waals surface area contributed by atoms with Crippen LogP contribution in [0.15, 0.2) is 31.0 Å². The van der Waals surface area contributed by atoms with Crippen molar-refractivity contribution >= 4 is 0 Å². The first kappa shape index (κ1) is 8.83. The van der Waals surface area contributed by atoms with Gasteiger partial charge in [0.15, 0.2) is 0 Å². The highest BCUT2D eigenvalue weighted by molar-refractivity contribution is 5.13. The molecule has 1 heterocycles. The highest BCUT2D eigenvalue weighted by Crippen LogP contribution is 2.09. The van der Waals surface area contributed by atoms with Gasteiger partial charge in [0, 0.05) is 0 Å². The third kappa shape index (κ3) is 1.87. The molecule has 0 bridgehead atoms. The van der Waals surface area contributed by atoms with Gasteiger partial charge in [-0.15, -0.1) is 6.58 Å². The monoisotopic (exact) mass is 167 g/mol. The summed E-state index contributed by atoms with van der Waals surface area (Å²) in [5.74, 6) is 4.84. The van der Waals surface area contributed by atoms with Crippen molar-refractivity contribution in [2.24, 2.45) is 5.84 Å². The van der Waals surface area contributed by atoms with E-state index in [4.69, 9.17) is 5.84 Å². The lowest BCUT2D eigenvalue weighted by atomic mass is 10.2. The van der Waals surface area contributed by atoms with Gasteiger partial charge < -0.3 is 0 Å². The number of hydrazine groups is 1. The van der Waals surface area contributed by atoms with Crippen molar-refractivity contribution in [3.05, 3.63) is 42.5 Å². The minimum Gasteiger partial charge on any atom is -0.271 e. The minimum absolute atomic E-state index is 0.231. The first-order valence-electron chi connectivity index (χ1n) is 3.48. The van der Waals surface area contributed by atoms with Crippen molar-refractivity contribution in [2.75, 3.05) is 0 Å². The molecule has 0 spiro atoms. The smallest absolute Gasteiger partial charge is 0.141 e. The lowest BCUT2D eigenvalue weighted by Crippen LogP contribution is -2.26.